The van der Waals surface area contributed by atoms with E-state index in [-0.39, 0.29) is 11.3 Å². The third-order valence-corrected chi connectivity index (χ3v) is 4.62. The minimum Gasteiger partial charge on any atom is -0.356 e. The van der Waals surface area contributed by atoms with Gasteiger partial charge in [-0.15, -0.1) is 0 Å². The van der Waals surface area contributed by atoms with Gasteiger partial charge in [0, 0.05) is 37.7 Å². The smallest absolute Gasteiger partial charge is 0.224 e. The fourth-order valence-electron chi connectivity index (χ4n) is 2.91. The van der Waals surface area contributed by atoms with E-state index in [9.17, 15) is 4.79 Å². The van der Waals surface area contributed by atoms with Crippen LogP contribution < -0.4 is 16.0 Å². The second-order valence-electron chi connectivity index (χ2n) is 7.53. The molecule has 2 aromatic carbocycles. The highest BCUT2D eigenvalue weighted by molar-refractivity contribution is 5.90. The minimum absolute atomic E-state index is 0.0116. The number of anilines is 1. The maximum atomic E-state index is 11.8. The van der Waals surface area contributed by atoms with Crippen molar-refractivity contribution in [2.75, 3.05) is 18.9 Å². The molecule has 0 unspecified atom stereocenters. The molecule has 0 saturated carbocycles. The van der Waals surface area contributed by atoms with Crippen LogP contribution in [0.4, 0.5) is 5.69 Å². The van der Waals surface area contributed by atoms with Crippen molar-refractivity contribution < 1.29 is 4.79 Å². The van der Waals surface area contributed by atoms with Crippen molar-refractivity contribution in [1.29, 1.82) is 0 Å². The number of nitrogens with zero attached hydrogens (tertiary/aromatic N) is 1. The van der Waals surface area contributed by atoms with Gasteiger partial charge in [-0.3, -0.25) is 9.79 Å². The van der Waals surface area contributed by atoms with Crippen molar-refractivity contribution in [2.45, 2.75) is 45.6 Å². The van der Waals surface area contributed by atoms with Gasteiger partial charge in [0.25, 0.3) is 0 Å². The summed E-state index contributed by atoms with van der Waals surface area (Å²) in [5, 5.41) is 9.69. The molecule has 0 radical (unpaired) electrons. The van der Waals surface area contributed by atoms with Gasteiger partial charge in [0.1, 0.15) is 0 Å². The highest BCUT2D eigenvalue weighted by atomic mass is 16.1. The fraction of sp³-hybridized carbons (Fsp3) is 0.391. The number of carbonyl (C=O) groups excluding carboxylic acids is 1. The molecule has 0 spiro atoms. The lowest BCUT2D eigenvalue weighted by molar-refractivity contribution is -0.116. The van der Waals surface area contributed by atoms with Gasteiger partial charge in [0.05, 0.1) is 0 Å². The second kappa shape index (κ2) is 10.5. The van der Waals surface area contributed by atoms with E-state index in [1.807, 2.05) is 37.3 Å². The summed E-state index contributed by atoms with van der Waals surface area (Å²) in [5.74, 6) is 0.803. The molecule has 0 fully saturated rings. The molecule has 0 aliphatic heterocycles. The maximum absolute atomic E-state index is 11.8. The molecule has 0 heterocycles. The van der Waals surface area contributed by atoms with Crippen molar-refractivity contribution in [2.24, 2.45) is 4.99 Å². The van der Waals surface area contributed by atoms with E-state index in [0.29, 0.717) is 13.0 Å². The van der Waals surface area contributed by atoms with E-state index in [1.54, 1.807) is 7.05 Å². The minimum atomic E-state index is -0.0116. The number of carbonyl (C=O) groups is 1. The van der Waals surface area contributed by atoms with Gasteiger partial charge in [-0.2, -0.15) is 0 Å². The molecule has 0 aliphatic rings. The summed E-state index contributed by atoms with van der Waals surface area (Å²) >= 11 is 0. The van der Waals surface area contributed by atoms with E-state index in [2.05, 4.69) is 59.1 Å². The number of rotatable bonds is 8. The van der Waals surface area contributed by atoms with Gasteiger partial charge in [-0.1, -0.05) is 63.2 Å². The summed E-state index contributed by atoms with van der Waals surface area (Å²) in [7, 11) is 1.77. The molecule has 1 amide bonds. The maximum Gasteiger partial charge on any atom is 0.224 e. The Kier molecular flexibility index (Phi) is 8.05. The van der Waals surface area contributed by atoms with Crippen LogP contribution in [0.15, 0.2) is 59.6 Å². The van der Waals surface area contributed by atoms with E-state index >= 15 is 0 Å². The Hall–Kier alpha value is -2.82. The number of benzene rings is 2. The van der Waals surface area contributed by atoms with Crippen LogP contribution >= 0.6 is 0 Å². The van der Waals surface area contributed by atoms with Crippen molar-refractivity contribution in [1.82, 2.24) is 10.6 Å². The summed E-state index contributed by atoms with van der Waals surface area (Å²) < 4.78 is 0. The first-order valence-electron chi connectivity index (χ1n) is 9.83. The SMILES string of the molecule is CCCC(=O)Nc1cccc(CNC(=NC)NCC(C)(C)c2ccccc2)c1. The summed E-state index contributed by atoms with van der Waals surface area (Å²) in [6.07, 6.45) is 1.38. The van der Waals surface area contributed by atoms with Crippen LogP contribution in [0, 0.1) is 0 Å². The van der Waals surface area contributed by atoms with Gasteiger partial charge in [0.2, 0.25) is 5.91 Å². The molecule has 2 aromatic rings. The van der Waals surface area contributed by atoms with Crippen LogP contribution in [0.3, 0.4) is 0 Å². The standard InChI is InChI=1S/C23H32N4O/c1-5-10-21(28)27-20-14-9-11-18(15-20)16-25-22(24-4)26-17-23(2,3)19-12-7-6-8-13-19/h6-9,11-15H,5,10,16-17H2,1-4H3,(H,27,28)(H2,24,25,26). The number of guanidine groups is 1. The lowest BCUT2D eigenvalue weighted by Gasteiger charge is -2.26. The van der Waals surface area contributed by atoms with Crippen LogP contribution in [-0.4, -0.2) is 25.5 Å². The first-order chi connectivity index (χ1) is 13.4. The van der Waals surface area contributed by atoms with Gasteiger partial charge in [0.15, 0.2) is 5.96 Å². The van der Waals surface area contributed by atoms with Gasteiger partial charge in [-0.05, 0) is 29.7 Å². The molecule has 0 aliphatic carbocycles. The first kappa shape index (κ1) is 21.5. The fourth-order valence-corrected chi connectivity index (χ4v) is 2.91. The molecular weight excluding hydrogens is 348 g/mol. The zero-order chi connectivity index (χ0) is 20.4. The lowest BCUT2D eigenvalue weighted by atomic mass is 9.85. The summed E-state index contributed by atoms with van der Waals surface area (Å²) in [5.41, 5.74) is 3.18. The molecule has 28 heavy (non-hydrogen) atoms. The molecule has 5 heteroatoms. The van der Waals surface area contributed by atoms with Crippen molar-refractivity contribution in [3.63, 3.8) is 0 Å². The molecule has 150 valence electrons. The van der Waals surface area contributed by atoms with Gasteiger partial charge < -0.3 is 16.0 Å². The molecule has 0 atom stereocenters. The predicted octanol–water partition coefficient (Wildman–Crippen LogP) is 4.07. The molecule has 0 bridgehead atoms. The van der Waals surface area contributed by atoms with E-state index < -0.39 is 0 Å². The highest BCUT2D eigenvalue weighted by Crippen LogP contribution is 2.21. The Bertz CT molecular complexity index is 784. The number of aliphatic imine (C=N–C) groups is 1. The van der Waals surface area contributed by atoms with Crippen LogP contribution in [0.2, 0.25) is 0 Å². The number of nitrogens with one attached hydrogen (secondary N) is 3. The monoisotopic (exact) mass is 380 g/mol. The summed E-state index contributed by atoms with van der Waals surface area (Å²) in [4.78, 5) is 16.1. The molecular formula is C23H32N4O. The number of amides is 1. The summed E-state index contributed by atoms with van der Waals surface area (Å²) in [6, 6.07) is 18.3. The zero-order valence-corrected chi connectivity index (χ0v) is 17.4. The molecule has 3 N–H and O–H groups in total. The highest BCUT2D eigenvalue weighted by Gasteiger charge is 2.20. The Morgan fingerprint density at radius 2 is 1.79 bits per heavy atom. The van der Waals surface area contributed by atoms with Crippen molar-refractivity contribution in [3.8, 4) is 0 Å². The third kappa shape index (κ3) is 6.72. The largest absolute Gasteiger partial charge is 0.356 e. The Balaban J connectivity index is 1.89. The van der Waals surface area contributed by atoms with E-state index in [1.165, 1.54) is 5.56 Å². The normalized spacial score (nSPS) is 11.8. The van der Waals surface area contributed by atoms with Crippen LogP contribution in [-0.2, 0) is 16.8 Å². The Morgan fingerprint density at radius 3 is 2.46 bits per heavy atom. The Morgan fingerprint density at radius 1 is 1.04 bits per heavy atom. The predicted molar refractivity (Wildman–Crippen MR) is 118 cm³/mol. The van der Waals surface area contributed by atoms with Crippen molar-refractivity contribution >= 4 is 17.6 Å². The lowest BCUT2D eigenvalue weighted by Crippen LogP contribution is -2.43. The first-order valence-corrected chi connectivity index (χ1v) is 9.83. The van der Waals surface area contributed by atoms with Crippen LogP contribution in [0.1, 0.15) is 44.7 Å². The average Bonchev–Trinajstić information content (AvgIpc) is 2.69. The second-order valence-corrected chi connectivity index (χ2v) is 7.53. The zero-order valence-electron chi connectivity index (χ0n) is 17.4. The topological polar surface area (TPSA) is 65.5 Å². The van der Waals surface area contributed by atoms with E-state index in [0.717, 1.165) is 30.2 Å². The van der Waals surface area contributed by atoms with Crippen LogP contribution in [0.25, 0.3) is 0 Å². The van der Waals surface area contributed by atoms with Crippen LogP contribution in [0.5, 0.6) is 0 Å². The average molecular weight is 381 g/mol. The molecule has 5 nitrogen and oxygen atoms in total. The summed E-state index contributed by atoms with van der Waals surface area (Å²) in [6.45, 7) is 7.82. The van der Waals surface area contributed by atoms with E-state index in [4.69, 9.17) is 0 Å². The number of hydrogen-bond acceptors (Lipinski definition) is 2. The number of hydrogen-bond donors (Lipinski definition) is 3. The van der Waals surface area contributed by atoms with Crippen molar-refractivity contribution in [3.05, 3.63) is 65.7 Å². The quantitative estimate of drug-likeness (QED) is 0.478. The molecule has 0 saturated heterocycles. The van der Waals surface area contributed by atoms with Gasteiger partial charge >= 0.3 is 0 Å². The Labute approximate surface area is 168 Å². The third-order valence-electron chi connectivity index (χ3n) is 4.62. The molecule has 2 rings (SSSR count). The molecule has 0 aromatic heterocycles. The van der Waals surface area contributed by atoms with Gasteiger partial charge in [-0.25, -0.2) is 0 Å².